The number of hydrogen-bond donors (Lipinski definition) is 1. The Labute approximate surface area is 110 Å². The van der Waals surface area contributed by atoms with Gasteiger partial charge in [0.2, 0.25) is 0 Å². The van der Waals surface area contributed by atoms with Crippen molar-refractivity contribution in [2.45, 2.75) is 50.5 Å². The van der Waals surface area contributed by atoms with Gasteiger partial charge in [-0.2, -0.15) is 0 Å². The van der Waals surface area contributed by atoms with Gasteiger partial charge in [0.15, 0.2) is 0 Å². The average molecular weight is 251 g/mol. The Bertz CT molecular complexity index is 305. The van der Waals surface area contributed by atoms with E-state index in [-0.39, 0.29) is 0 Å². The molecule has 0 fully saturated rings. The van der Waals surface area contributed by atoms with E-state index in [0.717, 1.165) is 0 Å². The van der Waals surface area contributed by atoms with Gasteiger partial charge in [0.05, 0.1) is 0 Å². The highest BCUT2D eigenvalue weighted by Gasteiger charge is 2.00. The zero-order valence-corrected chi connectivity index (χ0v) is 12.3. The third-order valence-electron chi connectivity index (χ3n) is 3.09. The summed E-state index contributed by atoms with van der Waals surface area (Å²) in [5.74, 6) is 1.85. The zero-order valence-electron chi connectivity index (χ0n) is 11.5. The van der Waals surface area contributed by atoms with Crippen molar-refractivity contribution >= 4 is 11.8 Å². The average Bonchev–Trinajstić information content (AvgIpc) is 2.34. The smallest absolute Gasteiger partial charge is 0.00721 e. The van der Waals surface area contributed by atoms with Gasteiger partial charge in [-0.05, 0) is 56.2 Å². The fourth-order valence-electron chi connectivity index (χ4n) is 1.67. The number of rotatable bonds is 7. The Balaban J connectivity index is 2.28. The fraction of sp³-hybridized carbons (Fsp3) is 0.600. The van der Waals surface area contributed by atoms with Gasteiger partial charge in [0, 0.05) is 10.9 Å². The highest BCUT2D eigenvalue weighted by atomic mass is 32.2. The topological polar surface area (TPSA) is 12.0 Å². The van der Waals surface area contributed by atoms with Gasteiger partial charge in [-0.1, -0.05) is 26.0 Å². The molecule has 0 aliphatic rings. The molecule has 1 rings (SSSR count). The van der Waals surface area contributed by atoms with Crippen molar-refractivity contribution in [3.8, 4) is 0 Å². The molecule has 1 atom stereocenters. The second-order valence-corrected chi connectivity index (χ2v) is 6.07. The van der Waals surface area contributed by atoms with Crippen LogP contribution < -0.4 is 5.32 Å². The van der Waals surface area contributed by atoms with E-state index in [9.17, 15) is 0 Å². The standard InChI is InChI=1S/C15H25NS/c1-12(2)14-7-9-15(10-8-14)17-11-5-6-13(3)16-4/h7-10,12-13,16H,5-6,11H2,1-4H3. The van der Waals surface area contributed by atoms with Gasteiger partial charge in [0.25, 0.3) is 0 Å². The molecule has 0 spiro atoms. The Morgan fingerprint density at radius 3 is 2.29 bits per heavy atom. The van der Waals surface area contributed by atoms with Gasteiger partial charge in [-0.3, -0.25) is 0 Å². The first-order valence-corrected chi connectivity index (χ1v) is 7.52. The van der Waals surface area contributed by atoms with Crippen LogP contribution in [0.15, 0.2) is 29.2 Å². The SMILES string of the molecule is CNC(C)CCCSc1ccc(C(C)C)cc1. The van der Waals surface area contributed by atoms with Crippen LogP contribution in [0.25, 0.3) is 0 Å². The second kappa shape index (κ2) is 7.78. The molecule has 1 N–H and O–H groups in total. The molecular weight excluding hydrogens is 226 g/mol. The molecule has 1 aromatic rings. The lowest BCUT2D eigenvalue weighted by atomic mass is 10.0. The van der Waals surface area contributed by atoms with Crippen molar-refractivity contribution < 1.29 is 0 Å². The van der Waals surface area contributed by atoms with Crippen molar-refractivity contribution in [1.82, 2.24) is 5.32 Å². The Morgan fingerprint density at radius 1 is 1.12 bits per heavy atom. The molecule has 0 radical (unpaired) electrons. The third-order valence-corrected chi connectivity index (χ3v) is 4.19. The number of benzene rings is 1. The summed E-state index contributed by atoms with van der Waals surface area (Å²) in [5, 5.41) is 3.27. The summed E-state index contributed by atoms with van der Waals surface area (Å²) in [5.41, 5.74) is 1.43. The Morgan fingerprint density at radius 2 is 1.76 bits per heavy atom. The number of hydrogen-bond acceptors (Lipinski definition) is 2. The maximum Gasteiger partial charge on any atom is 0.00721 e. The van der Waals surface area contributed by atoms with E-state index in [2.05, 4.69) is 50.4 Å². The van der Waals surface area contributed by atoms with E-state index in [1.165, 1.54) is 29.1 Å². The molecule has 0 saturated heterocycles. The monoisotopic (exact) mass is 251 g/mol. The highest BCUT2D eigenvalue weighted by Crippen LogP contribution is 2.22. The van der Waals surface area contributed by atoms with Crippen LogP contribution in [-0.4, -0.2) is 18.8 Å². The van der Waals surface area contributed by atoms with Crippen LogP contribution in [0.5, 0.6) is 0 Å². The molecule has 0 aromatic heterocycles. The lowest BCUT2D eigenvalue weighted by Gasteiger charge is -2.09. The Hall–Kier alpha value is -0.470. The summed E-state index contributed by atoms with van der Waals surface area (Å²) < 4.78 is 0. The molecule has 2 heteroatoms. The van der Waals surface area contributed by atoms with Gasteiger partial charge >= 0.3 is 0 Å². The molecular formula is C15H25NS. The van der Waals surface area contributed by atoms with Gasteiger partial charge < -0.3 is 5.32 Å². The van der Waals surface area contributed by atoms with E-state index in [1.807, 2.05) is 18.8 Å². The maximum absolute atomic E-state index is 3.27. The molecule has 0 aliphatic carbocycles. The van der Waals surface area contributed by atoms with E-state index in [1.54, 1.807) is 0 Å². The fourth-order valence-corrected chi connectivity index (χ4v) is 2.55. The zero-order chi connectivity index (χ0) is 12.7. The number of thioether (sulfide) groups is 1. The normalized spacial score (nSPS) is 13.0. The van der Waals surface area contributed by atoms with Crippen molar-refractivity contribution in [2.75, 3.05) is 12.8 Å². The van der Waals surface area contributed by atoms with E-state index >= 15 is 0 Å². The highest BCUT2D eigenvalue weighted by molar-refractivity contribution is 7.99. The van der Waals surface area contributed by atoms with E-state index in [0.29, 0.717) is 12.0 Å². The summed E-state index contributed by atoms with van der Waals surface area (Å²) in [6, 6.07) is 9.65. The lowest BCUT2D eigenvalue weighted by molar-refractivity contribution is 0.559. The molecule has 1 unspecified atom stereocenters. The minimum absolute atomic E-state index is 0.630. The summed E-state index contributed by atoms with van der Waals surface area (Å²) >= 11 is 1.97. The minimum atomic E-state index is 0.630. The van der Waals surface area contributed by atoms with Crippen molar-refractivity contribution in [3.05, 3.63) is 29.8 Å². The molecule has 0 bridgehead atoms. The largest absolute Gasteiger partial charge is 0.317 e. The van der Waals surface area contributed by atoms with Crippen LogP contribution >= 0.6 is 11.8 Å². The molecule has 0 amide bonds. The molecule has 0 aliphatic heterocycles. The first kappa shape index (κ1) is 14.6. The van der Waals surface area contributed by atoms with Crippen LogP contribution in [0.4, 0.5) is 0 Å². The van der Waals surface area contributed by atoms with Crippen LogP contribution in [0.2, 0.25) is 0 Å². The summed E-state index contributed by atoms with van der Waals surface area (Å²) in [7, 11) is 2.03. The quantitative estimate of drug-likeness (QED) is 0.573. The second-order valence-electron chi connectivity index (χ2n) is 4.90. The summed E-state index contributed by atoms with van der Waals surface area (Å²) in [6.07, 6.45) is 2.53. The molecule has 0 saturated carbocycles. The van der Waals surface area contributed by atoms with Crippen molar-refractivity contribution in [3.63, 3.8) is 0 Å². The Kier molecular flexibility index (Phi) is 6.68. The van der Waals surface area contributed by atoms with E-state index in [4.69, 9.17) is 0 Å². The first-order valence-electron chi connectivity index (χ1n) is 6.53. The van der Waals surface area contributed by atoms with Crippen molar-refractivity contribution in [2.24, 2.45) is 0 Å². The minimum Gasteiger partial charge on any atom is -0.317 e. The molecule has 17 heavy (non-hydrogen) atoms. The predicted molar refractivity (Wildman–Crippen MR) is 79.0 cm³/mol. The summed E-state index contributed by atoms with van der Waals surface area (Å²) in [4.78, 5) is 1.39. The lowest BCUT2D eigenvalue weighted by Crippen LogP contribution is -2.20. The molecule has 1 aromatic carbocycles. The van der Waals surface area contributed by atoms with Crippen LogP contribution in [0, 0.1) is 0 Å². The molecule has 0 heterocycles. The first-order chi connectivity index (χ1) is 8.13. The van der Waals surface area contributed by atoms with Crippen LogP contribution in [-0.2, 0) is 0 Å². The molecule has 96 valence electrons. The molecule has 1 nitrogen and oxygen atoms in total. The van der Waals surface area contributed by atoms with Crippen LogP contribution in [0.1, 0.15) is 45.1 Å². The van der Waals surface area contributed by atoms with Gasteiger partial charge in [-0.15, -0.1) is 11.8 Å². The van der Waals surface area contributed by atoms with E-state index < -0.39 is 0 Å². The van der Waals surface area contributed by atoms with Gasteiger partial charge in [-0.25, -0.2) is 0 Å². The van der Waals surface area contributed by atoms with Crippen LogP contribution in [0.3, 0.4) is 0 Å². The third kappa shape index (κ3) is 5.60. The van der Waals surface area contributed by atoms with Crippen molar-refractivity contribution in [1.29, 1.82) is 0 Å². The summed E-state index contributed by atoms with van der Waals surface area (Å²) in [6.45, 7) is 6.71. The maximum atomic E-state index is 3.27. The van der Waals surface area contributed by atoms with Gasteiger partial charge in [0.1, 0.15) is 0 Å². The predicted octanol–water partition coefficient (Wildman–Crippen LogP) is 4.29. The number of nitrogens with one attached hydrogen (secondary N) is 1.